The van der Waals surface area contributed by atoms with E-state index in [0.29, 0.717) is 60.3 Å². The molecule has 1 spiro atoms. The van der Waals surface area contributed by atoms with E-state index in [1.165, 1.54) is 0 Å². The number of hydrogen-bond donors (Lipinski definition) is 3. The minimum absolute atomic E-state index is 0.0426. The molecule has 0 aliphatic carbocycles. The first-order valence-electron chi connectivity index (χ1n) is 20.2. The molecule has 0 saturated carbocycles. The van der Waals surface area contributed by atoms with Gasteiger partial charge in [-0.2, -0.15) is 0 Å². The van der Waals surface area contributed by atoms with Crippen molar-refractivity contribution in [1.29, 1.82) is 0 Å². The third-order valence-electron chi connectivity index (χ3n) is 12.0. The number of fused-ring (bicyclic) bond motifs is 3. The molecular formula is C47H44N6O7. The van der Waals surface area contributed by atoms with Crippen molar-refractivity contribution in [3.05, 3.63) is 149 Å². The molecule has 3 saturated heterocycles. The monoisotopic (exact) mass is 804 g/mol. The van der Waals surface area contributed by atoms with Crippen LogP contribution in [-0.4, -0.2) is 99.8 Å². The van der Waals surface area contributed by atoms with Crippen molar-refractivity contribution in [2.24, 2.45) is 5.92 Å². The summed E-state index contributed by atoms with van der Waals surface area (Å²) in [5.74, 6) is 4.50. The Bertz CT molecular complexity index is 2440. The number of aliphatic hydroxyl groups excluding tert-OH is 2. The lowest BCUT2D eigenvalue weighted by atomic mass is 9.65. The smallest absolute Gasteiger partial charge is 0.324 e. The van der Waals surface area contributed by atoms with E-state index in [4.69, 9.17) is 9.47 Å². The summed E-state index contributed by atoms with van der Waals surface area (Å²) in [5, 5.41) is 22.4. The maximum absolute atomic E-state index is 15.8. The first-order chi connectivity index (χ1) is 29.4. The van der Waals surface area contributed by atoms with Gasteiger partial charge in [-0.05, 0) is 58.7 Å². The molecule has 13 nitrogen and oxygen atoms in total. The van der Waals surface area contributed by atoms with E-state index >= 15 is 14.4 Å². The quantitative estimate of drug-likeness (QED) is 0.145. The normalized spacial score (nSPS) is 24.5. The van der Waals surface area contributed by atoms with Crippen LogP contribution in [0.4, 0.5) is 11.6 Å². The number of aliphatic hydroxyl groups is 2. The second-order valence-electron chi connectivity index (χ2n) is 15.3. The predicted octanol–water partition coefficient (Wildman–Crippen LogP) is 4.20. The summed E-state index contributed by atoms with van der Waals surface area (Å²) >= 11 is 0. The highest BCUT2D eigenvalue weighted by Gasteiger charge is 2.74. The van der Waals surface area contributed by atoms with Gasteiger partial charge in [0, 0.05) is 56.2 Å². The number of carbonyl (C=O) groups is 3. The lowest BCUT2D eigenvalue weighted by Crippen LogP contribution is -2.58. The number of morpholine rings is 1. The van der Waals surface area contributed by atoms with Gasteiger partial charge in [-0.15, -0.1) is 0 Å². The first kappa shape index (κ1) is 38.9. The minimum Gasteiger partial charge on any atom is -0.491 e. The lowest BCUT2D eigenvalue weighted by molar-refractivity contribution is -0.179. The van der Waals surface area contributed by atoms with E-state index in [0.717, 1.165) is 11.1 Å². The molecule has 6 atom stereocenters. The van der Waals surface area contributed by atoms with Gasteiger partial charge in [-0.3, -0.25) is 19.3 Å². The minimum atomic E-state index is -1.70. The number of carbonyl (C=O) groups excluding carboxylic acids is 3. The second kappa shape index (κ2) is 16.6. The third kappa shape index (κ3) is 6.72. The summed E-state index contributed by atoms with van der Waals surface area (Å²) in [4.78, 5) is 61.1. The Morgan fingerprint density at radius 1 is 0.817 bits per heavy atom. The fourth-order valence-corrected chi connectivity index (χ4v) is 9.59. The van der Waals surface area contributed by atoms with Crippen LogP contribution in [0.5, 0.6) is 5.75 Å². The molecule has 4 aromatic carbocycles. The van der Waals surface area contributed by atoms with Crippen molar-refractivity contribution in [1.82, 2.24) is 19.8 Å². The fraction of sp³-hybridized carbons (Fsp3) is 0.298. The molecule has 5 heterocycles. The molecule has 5 aromatic rings. The lowest BCUT2D eigenvalue weighted by Gasteiger charge is -2.46. The van der Waals surface area contributed by atoms with Crippen molar-refractivity contribution >= 4 is 29.4 Å². The Hall–Kier alpha value is -6.59. The van der Waals surface area contributed by atoms with Crippen LogP contribution in [0.2, 0.25) is 0 Å². The van der Waals surface area contributed by atoms with Gasteiger partial charge in [0.1, 0.15) is 29.9 Å². The zero-order chi connectivity index (χ0) is 41.2. The number of amides is 2. The van der Waals surface area contributed by atoms with Gasteiger partial charge in [0.2, 0.25) is 17.8 Å². The number of nitrogens with zero attached hydrogens (tertiary/aromatic N) is 5. The molecule has 60 heavy (non-hydrogen) atoms. The Balaban J connectivity index is 1.28. The van der Waals surface area contributed by atoms with E-state index in [-0.39, 0.29) is 32.1 Å². The third-order valence-corrected chi connectivity index (χ3v) is 12.0. The number of piperazine rings is 1. The molecule has 0 bridgehead atoms. The average molecular weight is 805 g/mol. The molecule has 0 unspecified atom stereocenters. The van der Waals surface area contributed by atoms with Gasteiger partial charge >= 0.3 is 5.97 Å². The Kier molecular flexibility index (Phi) is 10.7. The Morgan fingerprint density at radius 2 is 1.53 bits per heavy atom. The number of anilines is 2. The summed E-state index contributed by atoms with van der Waals surface area (Å²) < 4.78 is 12.5. The standard InChI is InChI=1S/C47H44N6O7/c54-26-8-7-11-31-18-19-37-36(29-31)47(45(58)50-37)38(43(56)51-22-24-52(25-23-51)46-48-20-10-21-49-46)40-44(57)60-41(33-14-5-2-6-15-33)39(32-12-3-1-4-13-32)53(40)42(47)34-16-9-17-35(30-34)59-28-27-55/h1-6,9-10,12-21,29-30,38-42,54-55H,8,22-28H2,(H,50,58)/t38-,39-,40-,41+,42+,47-/m1/s1. The zero-order valence-electron chi connectivity index (χ0n) is 32.8. The number of ether oxygens (including phenoxy) is 2. The maximum atomic E-state index is 15.8. The van der Waals surface area contributed by atoms with Crippen LogP contribution < -0.4 is 15.0 Å². The van der Waals surface area contributed by atoms with Crippen molar-refractivity contribution in [3.8, 4) is 17.6 Å². The molecule has 4 aliphatic rings. The van der Waals surface area contributed by atoms with Crippen LogP contribution in [0.3, 0.4) is 0 Å². The highest BCUT2D eigenvalue weighted by atomic mass is 16.6. The SMILES string of the molecule is O=C1O[C@@H](c2ccccc2)[C@@H](c2ccccc2)N2[C@@H](c3cccc(OCCO)c3)[C@]3(C(=O)Nc4ccc(C#CCCO)cc43)[C@@H](C(=O)N3CCN(c4ncccn4)CC3)[C@H]12. The molecular weight excluding hydrogens is 761 g/mol. The van der Waals surface area contributed by atoms with E-state index < -0.39 is 47.4 Å². The van der Waals surface area contributed by atoms with Crippen LogP contribution in [0.25, 0.3) is 0 Å². The fourth-order valence-electron chi connectivity index (χ4n) is 9.59. The number of esters is 1. The number of hydrogen-bond acceptors (Lipinski definition) is 11. The zero-order valence-corrected chi connectivity index (χ0v) is 32.8. The van der Waals surface area contributed by atoms with Crippen LogP contribution in [-0.2, 0) is 24.5 Å². The molecule has 3 N–H and O–H groups in total. The van der Waals surface area contributed by atoms with Crippen molar-refractivity contribution < 1.29 is 34.1 Å². The highest BCUT2D eigenvalue weighted by Crippen LogP contribution is 2.65. The summed E-state index contributed by atoms with van der Waals surface area (Å²) in [5.41, 5.74) is 2.18. The molecule has 3 fully saturated rings. The molecule has 13 heteroatoms. The van der Waals surface area contributed by atoms with E-state index in [2.05, 4.69) is 32.0 Å². The van der Waals surface area contributed by atoms with Crippen molar-refractivity contribution in [3.63, 3.8) is 0 Å². The van der Waals surface area contributed by atoms with Crippen molar-refractivity contribution in [2.75, 3.05) is 56.2 Å². The summed E-state index contributed by atoms with van der Waals surface area (Å²) in [6.45, 7) is 1.22. The molecule has 0 radical (unpaired) electrons. The molecule has 9 rings (SSSR count). The molecule has 1 aromatic heterocycles. The second-order valence-corrected chi connectivity index (χ2v) is 15.3. The number of cyclic esters (lactones) is 1. The van der Waals surface area contributed by atoms with Gasteiger partial charge in [-0.1, -0.05) is 84.6 Å². The number of nitrogens with one attached hydrogen (secondary N) is 1. The summed E-state index contributed by atoms with van der Waals surface area (Å²) in [7, 11) is 0. The van der Waals surface area contributed by atoms with Gasteiger partial charge in [0.25, 0.3) is 0 Å². The van der Waals surface area contributed by atoms with Crippen LogP contribution in [0.15, 0.2) is 122 Å². The largest absolute Gasteiger partial charge is 0.491 e. The molecule has 304 valence electrons. The van der Waals surface area contributed by atoms with Gasteiger partial charge in [-0.25, -0.2) is 9.97 Å². The van der Waals surface area contributed by atoms with Gasteiger partial charge in [0.05, 0.1) is 31.2 Å². The summed E-state index contributed by atoms with van der Waals surface area (Å²) in [6.07, 6.45) is 2.80. The number of rotatable bonds is 9. The average Bonchev–Trinajstić information content (AvgIpc) is 3.77. The van der Waals surface area contributed by atoms with E-state index in [1.807, 2.05) is 89.8 Å². The Labute approximate surface area is 347 Å². The van der Waals surface area contributed by atoms with Crippen LogP contribution in [0, 0.1) is 17.8 Å². The van der Waals surface area contributed by atoms with E-state index in [1.54, 1.807) is 41.6 Å². The highest BCUT2D eigenvalue weighted by molar-refractivity contribution is 6.12. The van der Waals surface area contributed by atoms with Crippen LogP contribution in [0.1, 0.15) is 52.4 Å². The van der Waals surface area contributed by atoms with Gasteiger partial charge in [0.15, 0.2) is 0 Å². The number of benzene rings is 4. The van der Waals surface area contributed by atoms with Gasteiger partial charge < -0.3 is 34.8 Å². The molecule has 4 aliphatic heterocycles. The van der Waals surface area contributed by atoms with E-state index in [9.17, 15) is 10.2 Å². The summed E-state index contributed by atoms with van der Waals surface area (Å²) in [6, 6.07) is 31.0. The first-order valence-corrected chi connectivity index (χ1v) is 20.2. The Morgan fingerprint density at radius 3 is 2.25 bits per heavy atom. The molecule has 2 amide bonds. The maximum Gasteiger partial charge on any atom is 0.324 e. The number of aromatic nitrogens is 2. The van der Waals surface area contributed by atoms with Crippen LogP contribution >= 0.6 is 0 Å². The predicted molar refractivity (Wildman–Crippen MR) is 221 cm³/mol. The van der Waals surface area contributed by atoms with Crippen molar-refractivity contribution in [2.45, 2.75) is 36.1 Å². The topological polar surface area (TPSA) is 158 Å².